The largest absolute Gasteiger partial charge is 0.465 e. The zero-order valence-electron chi connectivity index (χ0n) is 10.9. The molecule has 9 heteroatoms. The molecule has 1 aromatic rings. The quantitative estimate of drug-likeness (QED) is 0.440. The van der Waals surface area contributed by atoms with Crippen LogP contribution in [-0.4, -0.2) is 44.0 Å². The third-order valence-electron chi connectivity index (χ3n) is 2.40. The number of esters is 1. The Morgan fingerprint density at radius 3 is 2.33 bits per heavy atom. The van der Waals surface area contributed by atoms with Crippen LogP contribution >= 0.6 is 0 Å². The molecule has 6 nitrogen and oxygen atoms in total. The summed E-state index contributed by atoms with van der Waals surface area (Å²) >= 11 is 0. The minimum Gasteiger partial charge on any atom is -0.458 e. The summed E-state index contributed by atoms with van der Waals surface area (Å²) in [6.07, 6.45) is 0.593. The van der Waals surface area contributed by atoms with Crippen molar-refractivity contribution in [3.05, 3.63) is 35.9 Å². The van der Waals surface area contributed by atoms with E-state index in [1.54, 1.807) is 0 Å². The van der Waals surface area contributed by atoms with Crippen molar-refractivity contribution in [2.45, 2.75) is 11.7 Å². The number of hydrogen-bond acceptors (Lipinski definition) is 5. The fourth-order valence-corrected chi connectivity index (χ4v) is 1.59. The normalized spacial score (nSPS) is 12.1. The Hall–Kier alpha value is -1.58. The van der Waals surface area contributed by atoms with Crippen molar-refractivity contribution in [2.75, 3.05) is 19.8 Å². The van der Waals surface area contributed by atoms with Gasteiger partial charge >= 0.3 is 21.3 Å². The fourth-order valence-electron chi connectivity index (χ4n) is 1.32. The minimum atomic E-state index is -5.83. The Bertz CT molecular complexity index is 558. The maximum atomic E-state index is 12.8. The molecule has 0 bridgehead atoms. The van der Waals surface area contributed by atoms with Crippen molar-refractivity contribution in [2.24, 2.45) is 0 Å². The van der Waals surface area contributed by atoms with Crippen LogP contribution in [0.2, 0.25) is 0 Å². The van der Waals surface area contributed by atoms with E-state index in [0.29, 0.717) is 6.42 Å². The van der Waals surface area contributed by atoms with Crippen molar-refractivity contribution in [1.29, 1.82) is 0 Å². The van der Waals surface area contributed by atoms with Crippen LogP contribution in [-0.2, 0) is 30.8 Å². The molecular weight excluding hydrogens is 310 g/mol. The molecule has 1 aromatic carbocycles. The molecule has 1 rings (SSSR count). The molecule has 0 saturated heterocycles. The second-order valence-electron chi connectivity index (χ2n) is 3.98. The van der Waals surface area contributed by atoms with Crippen LogP contribution in [0.5, 0.6) is 0 Å². The van der Waals surface area contributed by atoms with Gasteiger partial charge < -0.3 is 9.47 Å². The van der Waals surface area contributed by atoms with Gasteiger partial charge in [0.1, 0.15) is 6.61 Å². The zero-order valence-corrected chi connectivity index (χ0v) is 11.7. The molecule has 0 radical (unpaired) electrons. The molecule has 1 N–H and O–H groups in total. The van der Waals surface area contributed by atoms with Gasteiger partial charge in [-0.1, -0.05) is 30.3 Å². The average Bonchev–Trinajstić information content (AvgIpc) is 2.42. The van der Waals surface area contributed by atoms with Crippen LogP contribution in [0.3, 0.4) is 0 Å². The molecule has 118 valence electrons. The molecule has 0 aliphatic rings. The van der Waals surface area contributed by atoms with E-state index < -0.39 is 27.9 Å². The van der Waals surface area contributed by atoms with Crippen LogP contribution in [0.15, 0.2) is 30.3 Å². The number of carbonyl (C=O) groups is 1. The van der Waals surface area contributed by atoms with Crippen molar-refractivity contribution in [1.82, 2.24) is 0 Å². The summed E-state index contributed by atoms with van der Waals surface area (Å²) in [6.45, 7) is -0.422. The Labute approximate surface area is 120 Å². The Morgan fingerprint density at radius 2 is 1.76 bits per heavy atom. The third-order valence-corrected chi connectivity index (χ3v) is 3.21. The molecule has 0 atom stereocenters. The van der Waals surface area contributed by atoms with Crippen LogP contribution in [0.25, 0.3) is 0 Å². The molecule has 0 amide bonds. The summed E-state index contributed by atoms with van der Waals surface area (Å²) in [7, 11) is -5.83. The Kier molecular flexibility index (Phi) is 6.19. The van der Waals surface area contributed by atoms with E-state index in [2.05, 4.69) is 4.74 Å². The Morgan fingerprint density at radius 1 is 1.14 bits per heavy atom. The minimum absolute atomic E-state index is 0.167. The second kappa shape index (κ2) is 7.43. The highest BCUT2D eigenvalue weighted by atomic mass is 32.2. The van der Waals surface area contributed by atoms with Gasteiger partial charge in [0, 0.05) is 0 Å². The standard InChI is InChI=1S/C12H14F2O6S/c13-12(14,21(16,17)18)11(15)20-9-8-19-7-6-10-4-2-1-3-5-10/h1-5H,6-9H2,(H,16,17,18). The first-order valence-electron chi connectivity index (χ1n) is 5.89. The van der Waals surface area contributed by atoms with E-state index in [-0.39, 0.29) is 13.2 Å². The predicted molar refractivity (Wildman–Crippen MR) is 68.4 cm³/mol. The Balaban J connectivity index is 2.21. The second-order valence-corrected chi connectivity index (χ2v) is 5.44. The van der Waals surface area contributed by atoms with Gasteiger partial charge in [0.2, 0.25) is 0 Å². The molecule has 0 spiro atoms. The summed E-state index contributed by atoms with van der Waals surface area (Å²) in [4.78, 5) is 10.8. The highest BCUT2D eigenvalue weighted by Gasteiger charge is 2.54. The van der Waals surface area contributed by atoms with Crippen LogP contribution in [0, 0.1) is 0 Å². The third kappa shape index (κ3) is 5.37. The van der Waals surface area contributed by atoms with Gasteiger partial charge in [-0.15, -0.1) is 0 Å². The molecular formula is C12H14F2O6S. The number of halogens is 2. The maximum Gasteiger partial charge on any atom is 0.465 e. The number of carbonyl (C=O) groups excluding carboxylic acids is 1. The molecule has 0 heterocycles. The fraction of sp³-hybridized carbons (Fsp3) is 0.417. The highest BCUT2D eigenvalue weighted by Crippen LogP contribution is 2.21. The van der Waals surface area contributed by atoms with Gasteiger partial charge in [-0.3, -0.25) is 4.55 Å². The van der Waals surface area contributed by atoms with Gasteiger partial charge in [-0.2, -0.15) is 17.2 Å². The zero-order chi connectivity index (χ0) is 15.9. The molecule has 0 fully saturated rings. The van der Waals surface area contributed by atoms with Gasteiger partial charge in [0.15, 0.2) is 0 Å². The van der Waals surface area contributed by atoms with E-state index in [4.69, 9.17) is 9.29 Å². The van der Waals surface area contributed by atoms with Crippen molar-refractivity contribution in [3.8, 4) is 0 Å². The molecule has 0 unspecified atom stereocenters. The van der Waals surface area contributed by atoms with E-state index >= 15 is 0 Å². The highest BCUT2D eigenvalue weighted by molar-refractivity contribution is 7.87. The van der Waals surface area contributed by atoms with Crippen molar-refractivity contribution >= 4 is 16.1 Å². The molecule has 0 aromatic heterocycles. The van der Waals surface area contributed by atoms with Gasteiger partial charge in [-0.05, 0) is 12.0 Å². The van der Waals surface area contributed by atoms with Crippen molar-refractivity contribution in [3.63, 3.8) is 0 Å². The summed E-state index contributed by atoms with van der Waals surface area (Å²) < 4.78 is 63.3. The number of alkyl halides is 2. The smallest absolute Gasteiger partial charge is 0.458 e. The van der Waals surface area contributed by atoms with E-state index in [9.17, 15) is 22.0 Å². The molecule has 0 aliphatic carbocycles. The maximum absolute atomic E-state index is 12.8. The number of benzene rings is 1. The predicted octanol–water partition coefficient (Wildman–Crippen LogP) is 1.27. The van der Waals surface area contributed by atoms with Gasteiger partial charge in [0.25, 0.3) is 0 Å². The molecule has 0 aliphatic heterocycles. The van der Waals surface area contributed by atoms with E-state index in [1.165, 1.54) is 0 Å². The van der Waals surface area contributed by atoms with Gasteiger partial charge in [0.05, 0.1) is 13.2 Å². The molecule has 21 heavy (non-hydrogen) atoms. The molecule has 0 saturated carbocycles. The van der Waals surface area contributed by atoms with Crippen LogP contribution in [0.1, 0.15) is 5.56 Å². The number of ether oxygens (including phenoxy) is 2. The lowest BCUT2D eigenvalue weighted by Crippen LogP contribution is -2.39. The van der Waals surface area contributed by atoms with Crippen molar-refractivity contribution < 1.29 is 36.0 Å². The monoisotopic (exact) mass is 324 g/mol. The topological polar surface area (TPSA) is 89.9 Å². The summed E-state index contributed by atoms with van der Waals surface area (Å²) in [5.41, 5.74) is 1.02. The first kappa shape index (κ1) is 17.5. The first-order chi connectivity index (χ1) is 9.75. The number of rotatable bonds is 8. The number of hydrogen-bond donors (Lipinski definition) is 1. The lowest BCUT2D eigenvalue weighted by Gasteiger charge is -2.12. The lowest BCUT2D eigenvalue weighted by molar-refractivity contribution is -0.162. The van der Waals surface area contributed by atoms with Gasteiger partial charge in [-0.25, -0.2) is 4.79 Å². The first-order valence-corrected chi connectivity index (χ1v) is 7.33. The SMILES string of the molecule is O=C(OCCOCCc1ccccc1)C(F)(F)S(=O)(=O)O. The summed E-state index contributed by atoms with van der Waals surface area (Å²) in [5.74, 6) is -2.34. The summed E-state index contributed by atoms with van der Waals surface area (Å²) in [6, 6.07) is 9.34. The van der Waals surface area contributed by atoms with Crippen LogP contribution in [0.4, 0.5) is 8.78 Å². The summed E-state index contributed by atoms with van der Waals surface area (Å²) in [5, 5.41) is -4.98. The van der Waals surface area contributed by atoms with E-state index in [0.717, 1.165) is 5.56 Å². The lowest BCUT2D eigenvalue weighted by atomic mass is 10.2. The van der Waals surface area contributed by atoms with E-state index in [1.807, 2.05) is 30.3 Å². The average molecular weight is 324 g/mol. The van der Waals surface area contributed by atoms with Crippen LogP contribution < -0.4 is 0 Å².